The lowest BCUT2D eigenvalue weighted by molar-refractivity contribution is -0.132. The lowest BCUT2D eigenvalue weighted by Crippen LogP contribution is -2.39. The predicted octanol–water partition coefficient (Wildman–Crippen LogP) is -1.22. The zero-order chi connectivity index (χ0) is 13.8. The van der Waals surface area contributed by atoms with Crippen LogP contribution in [0.25, 0.3) is 0 Å². The summed E-state index contributed by atoms with van der Waals surface area (Å²) in [5, 5.41) is 6.64. The smallest absolute Gasteiger partial charge is 0.271 e. The standard InChI is InChI=1S/C11H17N5O3/c1-13-10(17)8-4-5-16(15-8)6-7-2-3-9(19-7)11(18)14-12/h4-5,7,9H,2-3,6,12H2,1H3,(H,13,17)(H,14,18). The van der Waals surface area contributed by atoms with Crippen molar-refractivity contribution in [3.8, 4) is 0 Å². The molecule has 1 fully saturated rings. The molecule has 0 radical (unpaired) electrons. The Kier molecular flexibility index (Phi) is 4.13. The predicted molar refractivity (Wildman–Crippen MR) is 65.8 cm³/mol. The Morgan fingerprint density at radius 2 is 2.37 bits per heavy atom. The molecule has 0 saturated carbocycles. The molecule has 19 heavy (non-hydrogen) atoms. The van der Waals surface area contributed by atoms with Crippen molar-refractivity contribution in [2.24, 2.45) is 5.84 Å². The number of aromatic nitrogens is 2. The molecule has 2 rings (SSSR count). The highest BCUT2D eigenvalue weighted by atomic mass is 16.5. The normalized spacial score (nSPS) is 22.2. The first-order valence-corrected chi connectivity index (χ1v) is 6.05. The zero-order valence-corrected chi connectivity index (χ0v) is 10.6. The molecule has 0 spiro atoms. The molecule has 0 aliphatic carbocycles. The maximum absolute atomic E-state index is 11.4. The minimum Gasteiger partial charge on any atom is -0.363 e. The van der Waals surface area contributed by atoms with Crippen molar-refractivity contribution in [1.82, 2.24) is 20.5 Å². The third-order valence-corrected chi connectivity index (χ3v) is 3.03. The first-order valence-electron chi connectivity index (χ1n) is 6.05. The number of hydrogen-bond acceptors (Lipinski definition) is 5. The Morgan fingerprint density at radius 1 is 1.58 bits per heavy atom. The van der Waals surface area contributed by atoms with Gasteiger partial charge in [0.05, 0.1) is 12.6 Å². The van der Waals surface area contributed by atoms with Gasteiger partial charge in [-0.15, -0.1) is 0 Å². The highest BCUT2D eigenvalue weighted by molar-refractivity contribution is 5.91. The molecule has 8 nitrogen and oxygen atoms in total. The molecule has 2 atom stereocenters. The summed E-state index contributed by atoms with van der Waals surface area (Å²) in [6.07, 6.45) is 2.51. The van der Waals surface area contributed by atoms with Crippen LogP contribution in [0.2, 0.25) is 0 Å². The van der Waals surface area contributed by atoms with Crippen molar-refractivity contribution >= 4 is 11.8 Å². The van der Waals surface area contributed by atoms with Gasteiger partial charge in [0.25, 0.3) is 11.8 Å². The number of ether oxygens (including phenoxy) is 1. The van der Waals surface area contributed by atoms with Crippen LogP contribution in [0, 0.1) is 0 Å². The van der Waals surface area contributed by atoms with E-state index in [0.29, 0.717) is 18.7 Å². The van der Waals surface area contributed by atoms with Gasteiger partial charge in [-0.1, -0.05) is 0 Å². The molecule has 2 unspecified atom stereocenters. The topological polar surface area (TPSA) is 111 Å². The molecule has 0 bridgehead atoms. The molecule has 8 heteroatoms. The van der Waals surface area contributed by atoms with Gasteiger partial charge in [-0.25, -0.2) is 5.84 Å². The van der Waals surface area contributed by atoms with Crippen molar-refractivity contribution in [1.29, 1.82) is 0 Å². The maximum atomic E-state index is 11.4. The largest absolute Gasteiger partial charge is 0.363 e. The number of hydrazine groups is 1. The second-order valence-electron chi connectivity index (χ2n) is 4.33. The fourth-order valence-corrected chi connectivity index (χ4v) is 2.05. The Labute approximate surface area is 110 Å². The van der Waals surface area contributed by atoms with Crippen molar-refractivity contribution in [2.75, 3.05) is 7.05 Å². The molecule has 2 amide bonds. The molecule has 1 saturated heterocycles. The zero-order valence-electron chi connectivity index (χ0n) is 10.6. The Balaban J connectivity index is 1.90. The van der Waals surface area contributed by atoms with Gasteiger partial charge in [0.1, 0.15) is 11.8 Å². The molecule has 1 aliphatic rings. The van der Waals surface area contributed by atoms with Gasteiger partial charge in [0.15, 0.2) is 0 Å². The summed E-state index contributed by atoms with van der Waals surface area (Å²) in [4.78, 5) is 22.7. The first-order chi connectivity index (χ1) is 9.13. The van der Waals surface area contributed by atoms with E-state index >= 15 is 0 Å². The van der Waals surface area contributed by atoms with E-state index in [2.05, 4.69) is 15.8 Å². The number of nitrogens with one attached hydrogen (secondary N) is 2. The first kappa shape index (κ1) is 13.5. The Bertz CT molecular complexity index is 473. The number of rotatable bonds is 4. The van der Waals surface area contributed by atoms with E-state index in [0.717, 1.165) is 6.42 Å². The van der Waals surface area contributed by atoms with Crippen LogP contribution >= 0.6 is 0 Å². The van der Waals surface area contributed by atoms with E-state index in [1.165, 1.54) is 0 Å². The van der Waals surface area contributed by atoms with Gasteiger partial charge in [0.2, 0.25) is 0 Å². The highest BCUT2D eigenvalue weighted by Gasteiger charge is 2.30. The summed E-state index contributed by atoms with van der Waals surface area (Å²) in [6, 6.07) is 1.64. The van der Waals surface area contributed by atoms with E-state index in [4.69, 9.17) is 10.6 Å². The second kappa shape index (κ2) is 5.81. The lowest BCUT2D eigenvalue weighted by atomic mass is 10.2. The van der Waals surface area contributed by atoms with Crippen molar-refractivity contribution in [3.63, 3.8) is 0 Å². The van der Waals surface area contributed by atoms with E-state index in [1.54, 1.807) is 24.0 Å². The van der Waals surface area contributed by atoms with Gasteiger partial charge in [-0.2, -0.15) is 5.10 Å². The Morgan fingerprint density at radius 3 is 3.05 bits per heavy atom. The molecule has 1 aromatic rings. The van der Waals surface area contributed by atoms with Gasteiger partial charge >= 0.3 is 0 Å². The number of nitrogens with two attached hydrogens (primary N) is 1. The summed E-state index contributed by atoms with van der Waals surface area (Å²) < 4.78 is 7.20. The van der Waals surface area contributed by atoms with Crippen LogP contribution in [0.4, 0.5) is 0 Å². The van der Waals surface area contributed by atoms with Crippen LogP contribution in [0.5, 0.6) is 0 Å². The van der Waals surface area contributed by atoms with Crippen molar-refractivity contribution in [3.05, 3.63) is 18.0 Å². The van der Waals surface area contributed by atoms with Crippen LogP contribution < -0.4 is 16.6 Å². The number of amides is 2. The van der Waals surface area contributed by atoms with Crippen LogP contribution in [-0.4, -0.2) is 40.9 Å². The van der Waals surface area contributed by atoms with Crippen molar-refractivity contribution in [2.45, 2.75) is 31.6 Å². The summed E-state index contributed by atoms with van der Waals surface area (Å²) in [6.45, 7) is 0.505. The number of nitrogens with zero attached hydrogens (tertiary/aromatic N) is 2. The fraction of sp³-hybridized carbons (Fsp3) is 0.545. The Hall–Kier alpha value is -1.93. The lowest BCUT2D eigenvalue weighted by Gasteiger charge is -2.12. The molecular weight excluding hydrogens is 250 g/mol. The third-order valence-electron chi connectivity index (χ3n) is 3.03. The summed E-state index contributed by atoms with van der Waals surface area (Å²) in [5.41, 5.74) is 2.44. The van der Waals surface area contributed by atoms with E-state index in [1.807, 2.05) is 0 Å². The minimum atomic E-state index is -0.496. The average Bonchev–Trinajstić information content (AvgIpc) is 3.07. The third kappa shape index (κ3) is 3.09. The van der Waals surface area contributed by atoms with Gasteiger partial charge < -0.3 is 10.1 Å². The van der Waals surface area contributed by atoms with Gasteiger partial charge in [-0.3, -0.25) is 19.7 Å². The molecule has 4 N–H and O–H groups in total. The number of carbonyl (C=O) groups excluding carboxylic acids is 2. The summed E-state index contributed by atoms with van der Waals surface area (Å²) >= 11 is 0. The molecule has 1 aliphatic heterocycles. The molecular formula is C11H17N5O3. The van der Waals surface area contributed by atoms with Crippen LogP contribution in [0.15, 0.2) is 12.3 Å². The van der Waals surface area contributed by atoms with Gasteiger partial charge in [0, 0.05) is 13.2 Å². The summed E-state index contributed by atoms with van der Waals surface area (Å²) in [5.74, 6) is 4.52. The number of hydrogen-bond donors (Lipinski definition) is 3. The average molecular weight is 267 g/mol. The molecule has 1 aromatic heterocycles. The summed E-state index contributed by atoms with van der Waals surface area (Å²) in [7, 11) is 1.55. The van der Waals surface area contributed by atoms with E-state index in [-0.39, 0.29) is 17.9 Å². The van der Waals surface area contributed by atoms with Crippen LogP contribution in [0.3, 0.4) is 0 Å². The van der Waals surface area contributed by atoms with Crippen molar-refractivity contribution < 1.29 is 14.3 Å². The highest BCUT2D eigenvalue weighted by Crippen LogP contribution is 2.20. The van der Waals surface area contributed by atoms with Crippen LogP contribution in [0.1, 0.15) is 23.3 Å². The number of carbonyl (C=O) groups is 2. The minimum absolute atomic E-state index is 0.0975. The monoisotopic (exact) mass is 267 g/mol. The molecule has 2 heterocycles. The van der Waals surface area contributed by atoms with Gasteiger partial charge in [-0.05, 0) is 18.9 Å². The molecule has 0 aromatic carbocycles. The van der Waals surface area contributed by atoms with E-state index in [9.17, 15) is 9.59 Å². The fourth-order valence-electron chi connectivity index (χ4n) is 2.05. The maximum Gasteiger partial charge on any atom is 0.271 e. The molecule has 104 valence electrons. The van der Waals surface area contributed by atoms with Crippen LogP contribution in [-0.2, 0) is 16.1 Å². The second-order valence-corrected chi connectivity index (χ2v) is 4.33. The van der Waals surface area contributed by atoms with E-state index < -0.39 is 6.10 Å². The quantitative estimate of drug-likeness (QED) is 0.360. The SMILES string of the molecule is CNC(=O)c1ccn(CC2CCC(C(=O)NN)O2)n1.